The van der Waals surface area contributed by atoms with Crippen molar-refractivity contribution in [2.45, 2.75) is 6.54 Å². The number of halogens is 3. The van der Waals surface area contributed by atoms with Gasteiger partial charge in [0.2, 0.25) is 0 Å². The highest BCUT2D eigenvalue weighted by atomic mass is 35.5. The molecule has 0 saturated carbocycles. The molecule has 0 aliphatic carbocycles. The van der Waals surface area contributed by atoms with E-state index in [4.69, 9.17) is 5.73 Å². The van der Waals surface area contributed by atoms with E-state index < -0.39 is 0 Å². The lowest BCUT2D eigenvalue weighted by Crippen LogP contribution is -2.09. The summed E-state index contributed by atoms with van der Waals surface area (Å²) < 4.78 is 14.5. The van der Waals surface area contributed by atoms with Crippen LogP contribution in [-0.2, 0) is 6.54 Å². The van der Waals surface area contributed by atoms with Crippen LogP contribution in [-0.4, -0.2) is 16.3 Å². The van der Waals surface area contributed by atoms with Gasteiger partial charge in [-0.25, -0.2) is 4.39 Å². The normalized spacial score (nSPS) is 9.29. The zero-order chi connectivity index (χ0) is 10.7. The highest BCUT2D eigenvalue weighted by Gasteiger charge is 2.01. The Morgan fingerprint density at radius 3 is 2.35 bits per heavy atom. The summed E-state index contributed by atoms with van der Waals surface area (Å²) in [7, 11) is 0. The first-order valence-corrected chi connectivity index (χ1v) is 4.79. The molecule has 0 unspecified atom stereocenters. The standard InChI is InChI=1S/C11H12FN3.2ClH/c12-10-3-1-9(2-4-10)11-5-7-15(14-11)8-6-13;;/h1-5,7H,6,8,13H2;2*1H. The number of nitrogens with zero attached hydrogens (tertiary/aromatic N) is 2. The van der Waals surface area contributed by atoms with Crippen LogP contribution in [0.3, 0.4) is 0 Å². The Balaban J connectivity index is 0.00000128. The second-order valence-electron chi connectivity index (χ2n) is 3.26. The molecule has 94 valence electrons. The molecule has 2 aromatic rings. The van der Waals surface area contributed by atoms with E-state index in [2.05, 4.69) is 5.10 Å². The first kappa shape index (κ1) is 15.9. The van der Waals surface area contributed by atoms with Gasteiger partial charge in [-0.1, -0.05) is 0 Å². The average molecular weight is 278 g/mol. The van der Waals surface area contributed by atoms with Gasteiger partial charge in [-0.2, -0.15) is 5.10 Å². The number of hydrogen-bond acceptors (Lipinski definition) is 2. The summed E-state index contributed by atoms with van der Waals surface area (Å²) in [5.41, 5.74) is 7.16. The van der Waals surface area contributed by atoms with Crippen LogP contribution in [0.15, 0.2) is 36.5 Å². The third-order valence-corrected chi connectivity index (χ3v) is 2.14. The van der Waals surface area contributed by atoms with E-state index in [1.807, 2.05) is 12.3 Å². The molecule has 1 aromatic carbocycles. The fraction of sp³-hybridized carbons (Fsp3) is 0.182. The van der Waals surface area contributed by atoms with E-state index >= 15 is 0 Å². The lowest BCUT2D eigenvalue weighted by Gasteiger charge is -1.97. The zero-order valence-corrected chi connectivity index (χ0v) is 10.7. The summed E-state index contributed by atoms with van der Waals surface area (Å²) in [6, 6.07) is 8.17. The molecule has 0 aliphatic rings. The Labute approximate surface area is 112 Å². The molecule has 6 heteroatoms. The molecule has 17 heavy (non-hydrogen) atoms. The van der Waals surface area contributed by atoms with Crippen molar-refractivity contribution in [3.8, 4) is 11.3 Å². The number of hydrogen-bond donors (Lipinski definition) is 1. The maximum atomic E-state index is 12.7. The van der Waals surface area contributed by atoms with E-state index in [0.29, 0.717) is 13.1 Å². The largest absolute Gasteiger partial charge is 0.329 e. The van der Waals surface area contributed by atoms with Gasteiger partial charge in [0.15, 0.2) is 0 Å². The third-order valence-electron chi connectivity index (χ3n) is 2.14. The molecule has 0 fully saturated rings. The molecule has 0 atom stereocenters. The monoisotopic (exact) mass is 277 g/mol. The lowest BCUT2D eigenvalue weighted by atomic mass is 10.1. The molecular formula is C11H14Cl2FN3. The Bertz CT molecular complexity index is 442. The summed E-state index contributed by atoms with van der Waals surface area (Å²) in [5.74, 6) is -0.236. The molecule has 1 aromatic heterocycles. The molecule has 0 radical (unpaired) electrons. The van der Waals surface area contributed by atoms with E-state index in [-0.39, 0.29) is 30.6 Å². The maximum Gasteiger partial charge on any atom is 0.123 e. The van der Waals surface area contributed by atoms with Crippen molar-refractivity contribution < 1.29 is 4.39 Å². The van der Waals surface area contributed by atoms with Gasteiger partial charge in [-0.3, -0.25) is 4.68 Å². The predicted octanol–water partition coefficient (Wildman–Crippen LogP) is 2.49. The zero-order valence-electron chi connectivity index (χ0n) is 9.04. The van der Waals surface area contributed by atoms with Crippen molar-refractivity contribution in [2.24, 2.45) is 5.73 Å². The van der Waals surface area contributed by atoms with E-state index in [9.17, 15) is 4.39 Å². The van der Waals surface area contributed by atoms with Crippen LogP contribution in [0.25, 0.3) is 11.3 Å². The van der Waals surface area contributed by atoms with Gasteiger partial charge in [-0.15, -0.1) is 24.8 Å². The number of rotatable bonds is 3. The summed E-state index contributed by atoms with van der Waals surface area (Å²) >= 11 is 0. The molecule has 0 saturated heterocycles. The smallest absolute Gasteiger partial charge is 0.123 e. The van der Waals surface area contributed by atoms with Crippen molar-refractivity contribution >= 4 is 24.8 Å². The van der Waals surface area contributed by atoms with Gasteiger partial charge in [0.05, 0.1) is 12.2 Å². The van der Waals surface area contributed by atoms with Crippen LogP contribution in [0.1, 0.15) is 0 Å². The fourth-order valence-corrected chi connectivity index (χ4v) is 1.39. The van der Waals surface area contributed by atoms with Crippen LogP contribution in [0.2, 0.25) is 0 Å². The molecule has 0 spiro atoms. The first-order valence-electron chi connectivity index (χ1n) is 4.79. The highest BCUT2D eigenvalue weighted by molar-refractivity contribution is 5.85. The van der Waals surface area contributed by atoms with Crippen molar-refractivity contribution in [3.05, 3.63) is 42.3 Å². The molecule has 0 aliphatic heterocycles. The number of benzene rings is 1. The summed E-state index contributed by atoms with van der Waals surface area (Å²) in [6.45, 7) is 1.26. The molecule has 0 amide bonds. The minimum absolute atomic E-state index is 0. The average Bonchev–Trinajstić information content (AvgIpc) is 2.68. The summed E-state index contributed by atoms with van der Waals surface area (Å²) in [4.78, 5) is 0. The van der Waals surface area contributed by atoms with E-state index in [0.717, 1.165) is 11.3 Å². The molecule has 1 heterocycles. The maximum absolute atomic E-state index is 12.7. The SMILES string of the molecule is Cl.Cl.NCCn1ccc(-c2ccc(F)cc2)n1. The van der Waals surface area contributed by atoms with Gasteiger partial charge < -0.3 is 5.73 Å². The lowest BCUT2D eigenvalue weighted by molar-refractivity contribution is 0.625. The Morgan fingerprint density at radius 1 is 1.12 bits per heavy atom. The quantitative estimate of drug-likeness (QED) is 0.937. The molecule has 3 nitrogen and oxygen atoms in total. The van der Waals surface area contributed by atoms with E-state index in [1.165, 1.54) is 12.1 Å². The van der Waals surface area contributed by atoms with Gasteiger partial charge in [-0.05, 0) is 30.3 Å². The van der Waals surface area contributed by atoms with Crippen LogP contribution in [0.5, 0.6) is 0 Å². The summed E-state index contributed by atoms with van der Waals surface area (Å²) in [5, 5.41) is 4.31. The molecule has 0 bridgehead atoms. The van der Waals surface area contributed by atoms with Crippen molar-refractivity contribution in [2.75, 3.05) is 6.54 Å². The second kappa shape index (κ2) is 7.27. The number of aromatic nitrogens is 2. The Morgan fingerprint density at radius 2 is 1.76 bits per heavy atom. The van der Waals surface area contributed by atoms with Gasteiger partial charge in [0.1, 0.15) is 5.82 Å². The first-order chi connectivity index (χ1) is 7.29. The van der Waals surface area contributed by atoms with Gasteiger partial charge in [0.25, 0.3) is 0 Å². The third kappa shape index (κ3) is 4.00. The van der Waals surface area contributed by atoms with Crippen LogP contribution < -0.4 is 5.73 Å². The molecular weight excluding hydrogens is 264 g/mol. The minimum Gasteiger partial charge on any atom is -0.329 e. The minimum atomic E-state index is -0.236. The van der Waals surface area contributed by atoms with Crippen LogP contribution in [0.4, 0.5) is 4.39 Å². The van der Waals surface area contributed by atoms with Crippen molar-refractivity contribution in [1.82, 2.24) is 9.78 Å². The van der Waals surface area contributed by atoms with Crippen molar-refractivity contribution in [1.29, 1.82) is 0 Å². The Hall–Kier alpha value is -1.10. The van der Waals surface area contributed by atoms with Gasteiger partial charge >= 0.3 is 0 Å². The summed E-state index contributed by atoms with van der Waals surface area (Å²) in [6.07, 6.45) is 1.87. The molecule has 2 N–H and O–H groups in total. The Kier molecular flexibility index (Phi) is 6.80. The van der Waals surface area contributed by atoms with Crippen molar-refractivity contribution in [3.63, 3.8) is 0 Å². The predicted molar refractivity (Wildman–Crippen MR) is 71.2 cm³/mol. The topological polar surface area (TPSA) is 43.8 Å². The fourth-order valence-electron chi connectivity index (χ4n) is 1.39. The molecule has 2 rings (SSSR count). The number of nitrogens with two attached hydrogens (primary N) is 1. The van der Waals surface area contributed by atoms with Crippen LogP contribution in [0, 0.1) is 5.82 Å². The highest BCUT2D eigenvalue weighted by Crippen LogP contribution is 2.16. The van der Waals surface area contributed by atoms with E-state index in [1.54, 1.807) is 16.8 Å². The van der Waals surface area contributed by atoms with Gasteiger partial charge in [0, 0.05) is 18.3 Å². The van der Waals surface area contributed by atoms with Crippen LogP contribution >= 0.6 is 24.8 Å². The second-order valence-corrected chi connectivity index (χ2v) is 3.26.